The summed E-state index contributed by atoms with van der Waals surface area (Å²) in [4.78, 5) is 17.0. The van der Waals surface area contributed by atoms with Gasteiger partial charge in [-0.15, -0.1) is 5.20 Å². The number of rotatable bonds is 4. The molecule has 0 saturated heterocycles. The molecule has 0 spiro atoms. The predicted molar refractivity (Wildman–Crippen MR) is 51.8 cm³/mol. The molecule has 0 atom stereocenters. The second kappa shape index (κ2) is 4.43. The van der Waals surface area contributed by atoms with E-state index in [4.69, 9.17) is 14.5 Å². The van der Waals surface area contributed by atoms with Crippen molar-refractivity contribution in [2.45, 2.75) is 0 Å². The molecule has 0 fully saturated rings. The average molecular weight is 218 g/mol. The van der Waals surface area contributed by atoms with Gasteiger partial charge >= 0.3 is 7.75 Å². The molecule has 1 rings (SSSR count). The first-order valence-electron chi connectivity index (χ1n) is 3.74. The van der Waals surface area contributed by atoms with E-state index in [1.807, 2.05) is 5.20 Å². The minimum absolute atomic E-state index is 0.507. The van der Waals surface area contributed by atoms with E-state index in [-0.39, 0.29) is 0 Å². The van der Waals surface area contributed by atoms with Crippen molar-refractivity contribution < 1.29 is 19.1 Å². The van der Waals surface area contributed by atoms with Gasteiger partial charge in [0.1, 0.15) is 5.75 Å². The molecule has 0 aliphatic carbocycles. The monoisotopic (exact) mass is 218 g/mol. The van der Waals surface area contributed by atoms with Gasteiger partial charge in [0, 0.05) is 6.07 Å². The maximum atomic E-state index is 10.4. The van der Waals surface area contributed by atoms with E-state index in [9.17, 15) is 4.57 Å². The quantitative estimate of drug-likeness (QED) is 0.439. The van der Waals surface area contributed by atoms with Gasteiger partial charge in [0.15, 0.2) is 0 Å². The van der Waals surface area contributed by atoms with Crippen LogP contribution in [-0.4, -0.2) is 16.9 Å². The summed E-state index contributed by atoms with van der Waals surface area (Å²) >= 11 is 0. The van der Waals surface area contributed by atoms with E-state index in [0.29, 0.717) is 11.4 Å². The van der Waals surface area contributed by atoms with Crippen molar-refractivity contribution >= 4 is 13.4 Å². The van der Waals surface area contributed by atoms with Crippen LogP contribution in [0.2, 0.25) is 0 Å². The maximum Gasteiger partial charge on any atom is 0.417 e. The minimum atomic E-state index is -4.26. The van der Waals surface area contributed by atoms with Crippen LogP contribution in [0.3, 0.4) is 0 Å². The lowest BCUT2D eigenvalue weighted by atomic mass is 10.3. The molecule has 0 radical (unpaired) electrons. The van der Waals surface area contributed by atoms with E-state index < -0.39 is 7.75 Å². The summed E-state index contributed by atoms with van der Waals surface area (Å²) in [7, 11) is -2.75. The molecule has 0 amide bonds. The van der Waals surface area contributed by atoms with Crippen LogP contribution in [0.25, 0.3) is 0 Å². The minimum Gasteiger partial charge on any atom is -0.497 e. The Morgan fingerprint density at radius 1 is 1.43 bits per heavy atom. The highest BCUT2D eigenvalue weighted by atomic mass is 31.2. The van der Waals surface area contributed by atoms with Crippen molar-refractivity contribution in [1.29, 1.82) is 0 Å². The van der Waals surface area contributed by atoms with Gasteiger partial charge in [0.05, 0.1) is 12.8 Å². The molecule has 0 unspecified atom stereocenters. The second-order valence-corrected chi connectivity index (χ2v) is 3.82. The van der Waals surface area contributed by atoms with Crippen LogP contribution >= 0.6 is 7.75 Å². The fourth-order valence-corrected chi connectivity index (χ4v) is 1.11. The zero-order chi connectivity index (χ0) is 10.6. The molecule has 4 N–H and O–H groups in total. The van der Waals surface area contributed by atoms with Gasteiger partial charge in [-0.3, -0.25) is 0 Å². The van der Waals surface area contributed by atoms with Crippen LogP contribution in [0.1, 0.15) is 0 Å². The molecule has 0 aliphatic rings. The summed E-state index contributed by atoms with van der Waals surface area (Å²) < 4.78 is 15.4. The van der Waals surface area contributed by atoms with Crippen LogP contribution in [0.5, 0.6) is 5.75 Å². The second-order valence-electron chi connectivity index (χ2n) is 2.51. The van der Waals surface area contributed by atoms with Gasteiger partial charge in [-0.05, 0) is 12.1 Å². The molecule has 0 aromatic heterocycles. The van der Waals surface area contributed by atoms with Crippen molar-refractivity contribution in [2.24, 2.45) is 0 Å². The van der Waals surface area contributed by atoms with Gasteiger partial charge in [-0.2, -0.15) is 0 Å². The molecule has 1 aromatic carbocycles. The van der Waals surface area contributed by atoms with Crippen LogP contribution in [0.4, 0.5) is 5.69 Å². The van der Waals surface area contributed by atoms with Gasteiger partial charge in [-0.25, -0.2) is 4.57 Å². The standard InChI is InChI=1S/C7H11N2O4P/c1-13-7-4-2-3-6(5-7)8-9-14(10,11)12/h2-5,8H,1H3,(H3,9,10,11,12). The van der Waals surface area contributed by atoms with Crippen LogP contribution in [0.15, 0.2) is 24.3 Å². The summed E-state index contributed by atoms with van der Waals surface area (Å²) in [6.45, 7) is 0. The molecule has 0 bridgehead atoms. The SMILES string of the molecule is COc1cccc(NNP(=O)(O)O)c1. The first kappa shape index (κ1) is 11.0. The number of methoxy groups -OCH3 is 1. The van der Waals surface area contributed by atoms with Crippen molar-refractivity contribution in [3.05, 3.63) is 24.3 Å². The maximum absolute atomic E-state index is 10.4. The van der Waals surface area contributed by atoms with Crippen molar-refractivity contribution in [3.8, 4) is 5.75 Å². The first-order valence-corrected chi connectivity index (χ1v) is 5.35. The number of ether oxygens (including phenoxy) is 1. The fourth-order valence-electron chi connectivity index (χ4n) is 0.838. The Kier molecular flexibility index (Phi) is 3.49. The molecule has 0 heterocycles. The smallest absolute Gasteiger partial charge is 0.417 e. The lowest BCUT2D eigenvalue weighted by Gasteiger charge is -2.09. The van der Waals surface area contributed by atoms with Crippen LogP contribution in [-0.2, 0) is 4.57 Å². The molecular formula is C7H11N2O4P. The number of hydrogen-bond acceptors (Lipinski definition) is 3. The zero-order valence-corrected chi connectivity index (χ0v) is 8.36. The lowest BCUT2D eigenvalue weighted by Crippen LogP contribution is -2.17. The summed E-state index contributed by atoms with van der Waals surface area (Å²) in [5.74, 6) is 0.600. The lowest BCUT2D eigenvalue weighted by molar-refractivity contribution is 0.362. The van der Waals surface area contributed by atoms with Crippen molar-refractivity contribution in [1.82, 2.24) is 5.20 Å². The van der Waals surface area contributed by atoms with Crippen LogP contribution < -0.4 is 15.4 Å². The molecule has 7 heteroatoms. The third-order valence-corrected chi connectivity index (χ3v) is 1.82. The fraction of sp³-hybridized carbons (Fsp3) is 0.143. The van der Waals surface area contributed by atoms with Crippen molar-refractivity contribution in [2.75, 3.05) is 12.5 Å². The Bertz CT molecular complexity index is 351. The molecule has 14 heavy (non-hydrogen) atoms. The number of hydrogen-bond donors (Lipinski definition) is 4. The Hall–Kier alpha value is -1.07. The third kappa shape index (κ3) is 3.76. The number of benzene rings is 1. The van der Waals surface area contributed by atoms with E-state index >= 15 is 0 Å². The molecule has 78 valence electrons. The average Bonchev–Trinajstić information content (AvgIpc) is 2.14. The van der Waals surface area contributed by atoms with Gasteiger partial charge in [0.25, 0.3) is 0 Å². The molecule has 1 aromatic rings. The predicted octanol–water partition coefficient (Wildman–Crippen LogP) is 0.704. The number of anilines is 1. The molecular weight excluding hydrogens is 207 g/mol. The van der Waals surface area contributed by atoms with Crippen LogP contribution in [0, 0.1) is 0 Å². The Balaban J connectivity index is 2.63. The van der Waals surface area contributed by atoms with Crippen molar-refractivity contribution in [3.63, 3.8) is 0 Å². The summed E-state index contributed by atoms with van der Waals surface area (Å²) in [5.41, 5.74) is 2.87. The highest BCUT2D eigenvalue weighted by Gasteiger charge is 2.10. The molecule has 0 aliphatic heterocycles. The van der Waals surface area contributed by atoms with E-state index in [1.54, 1.807) is 24.3 Å². The van der Waals surface area contributed by atoms with Gasteiger partial charge in [0.2, 0.25) is 0 Å². The normalized spacial score (nSPS) is 11.1. The Labute approximate surface area is 81.1 Å². The summed E-state index contributed by atoms with van der Waals surface area (Å²) in [5, 5.41) is 1.85. The summed E-state index contributed by atoms with van der Waals surface area (Å²) in [6, 6.07) is 6.67. The van der Waals surface area contributed by atoms with Gasteiger partial charge in [-0.1, -0.05) is 6.07 Å². The number of hydrazine groups is 1. The Morgan fingerprint density at radius 2 is 2.14 bits per heavy atom. The zero-order valence-electron chi connectivity index (χ0n) is 7.47. The Morgan fingerprint density at radius 3 is 2.71 bits per heavy atom. The first-order chi connectivity index (χ1) is 6.51. The molecule has 0 saturated carbocycles. The number of nitrogens with one attached hydrogen (secondary N) is 2. The highest BCUT2D eigenvalue weighted by molar-refractivity contribution is 7.49. The third-order valence-electron chi connectivity index (χ3n) is 1.42. The van der Waals surface area contributed by atoms with Gasteiger partial charge < -0.3 is 19.9 Å². The van der Waals surface area contributed by atoms with E-state index in [1.165, 1.54) is 7.11 Å². The largest absolute Gasteiger partial charge is 0.497 e. The summed E-state index contributed by atoms with van der Waals surface area (Å²) in [6.07, 6.45) is 0. The van der Waals surface area contributed by atoms with E-state index in [2.05, 4.69) is 5.43 Å². The topological polar surface area (TPSA) is 90.8 Å². The van der Waals surface area contributed by atoms with E-state index in [0.717, 1.165) is 0 Å². The molecule has 6 nitrogen and oxygen atoms in total. The highest BCUT2D eigenvalue weighted by Crippen LogP contribution is 2.28.